The molecule has 8 heteroatoms. The van der Waals surface area contributed by atoms with Crippen LogP contribution in [0.4, 0.5) is 0 Å². The van der Waals surface area contributed by atoms with Crippen LogP contribution in [0, 0.1) is 12.8 Å². The number of aryl methyl sites for hydroxylation is 1. The van der Waals surface area contributed by atoms with E-state index < -0.39 is 0 Å². The second-order valence-electron chi connectivity index (χ2n) is 10.8. The second-order valence-corrected chi connectivity index (χ2v) is 11.7. The molecule has 2 fully saturated rings. The molecule has 1 aliphatic carbocycles. The first-order chi connectivity index (χ1) is 19.1. The lowest BCUT2D eigenvalue weighted by molar-refractivity contribution is -0.137. The van der Waals surface area contributed by atoms with E-state index in [9.17, 15) is 9.59 Å². The van der Waals surface area contributed by atoms with E-state index in [0.29, 0.717) is 38.6 Å². The molecular weight excluding hydrogens is 510 g/mol. The van der Waals surface area contributed by atoms with Crippen LogP contribution in [0.25, 0.3) is 0 Å². The maximum Gasteiger partial charge on any atom is 0.273 e. The smallest absolute Gasteiger partial charge is 0.273 e. The standard InChI is InChI=1S/C31H35N3O4S/c1-21-6-8-23(9-7-21)29-26-18-25(11-10-22(26)12-13-34(29)30(35)24-4-2-3-5-24)38-19-28-32-27(20-39-28)31(36)33-14-16-37-17-15-33/h6-11,18,20,24,29H,2-5,12-17,19H2,1H3. The van der Waals surface area contributed by atoms with Crippen molar-refractivity contribution < 1.29 is 19.1 Å². The van der Waals surface area contributed by atoms with Crippen molar-refractivity contribution in [1.82, 2.24) is 14.8 Å². The summed E-state index contributed by atoms with van der Waals surface area (Å²) < 4.78 is 11.5. The number of aromatic nitrogens is 1. The Hall–Kier alpha value is -3.23. The van der Waals surface area contributed by atoms with Crippen molar-refractivity contribution in [2.75, 3.05) is 32.8 Å². The van der Waals surface area contributed by atoms with Crippen LogP contribution in [0.5, 0.6) is 5.75 Å². The van der Waals surface area contributed by atoms with E-state index in [1.165, 1.54) is 22.5 Å². The Morgan fingerprint density at radius 1 is 1.05 bits per heavy atom. The van der Waals surface area contributed by atoms with Gasteiger partial charge in [0.2, 0.25) is 5.91 Å². The lowest BCUT2D eigenvalue weighted by Crippen LogP contribution is -2.43. The van der Waals surface area contributed by atoms with Crippen LogP contribution in [0.15, 0.2) is 47.8 Å². The number of rotatable bonds is 6. The van der Waals surface area contributed by atoms with Crippen LogP contribution in [-0.2, 0) is 22.6 Å². The fourth-order valence-electron chi connectivity index (χ4n) is 5.98. The number of fused-ring (bicyclic) bond motifs is 1. The van der Waals surface area contributed by atoms with Crippen LogP contribution < -0.4 is 4.74 Å². The van der Waals surface area contributed by atoms with E-state index in [4.69, 9.17) is 9.47 Å². The summed E-state index contributed by atoms with van der Waals surface area (Å²) in [5, 5.41) is 2.57. The fourth-order valence-corrected chi connectivity index (χ4v) is 6.66. The van der Waals surface area contributed by atoms with Gasteiger partial charge in [-0.2, -0.15) is 0 Å². The fraction of sp³-hybridized carbons (Fsp3) is 0.452. The van der Waals surface area contributed by atoms with Gasteiger partial charge in [0.1, 0.15) is 23.1 Å². The van der Waals surface area contributed by atoms with E-state index in [1.54, 1.807) is 4.90 Å². The molecule has 7 nitrogen and oxygen atoms in total. The van der Waals surface area contributed by atoms with Gasteiger partial charge < -0.3 is 19.3 Å². The van der Waals surface area contributed by atoms with Gasteiger partial charge >= 0.3 is 0 Å². The van der Waals surface area contributed by atoms with Gasteiger partial charge in [-0.05, 0) is 55.0 Å². The Morgan fingerprint density at radius 3 is 2.59 bits per heavy atom. The Morgan fingerprint density at radius 2 is 1.82 bits per heavy atom. The quantitative estimate of drug-likeness (QED) is 0.428. The number of amides is 2. The highest BCUT2D eigenvalue weighted by Gasteiger charge is 2.36. The first kappa shape index (κ1) is 26.0. The Kier molecular flexibility index (Phi) is 7.66. The third kappa shape index (κ3) is 5.58. The minimum atomic E-state index is -0.122. The lowest BCUT2D eigenvalue weighted by Gasteiger charge is -2.39. The molecule has 1 unspecified atom stereocenters. The molecule has 2 aromatic carbocycles. The molecule has 2 amide bonds. The number of ether oxygens (including phenoxy) is 2. The van der Waals surface area contributed by atoms with Crippen LogP contribution in [0.1, 0.15) is 69.5 Å². The Bertz CT molecular complexity index is 1330. The summed E-state index contributed by atoms with van der Waals surface area (Å²) in [5.74, 6) is 1.12. The molecule has 6 rings (SSSR count). The topological polar surface area (TPSA) is 72.0 Å². The molecule has 1 aromatic heterocycles. The molecule has 0 radical (unpaired) electrons. The maximum absolute atomic E-state index is 13.7. The van der Waals surface area contributed by atoms with Crippen LogP contribution in [-0.4, -0.2) is 59.4 Å². The summed E-state index contributed by atoms with van der Waals surface area (Å²) in [5.41, 5.74) is 5.20. The van der Waals surface area contributed by atoms with Crippen molar-refractivity contribution in [1.29, 1.82) is 0 Å². The first-order valence-electron chi connectivity index (χ1n) is 14.0. The Balaban J connectivity index is 1.22. The molecule has 204 valence electrons. The molecule has 0 bridgehead atoms. The van der Waals surface area contributed by atoms with Gasteiger partial charge in [0, 0.05) is 30.9 Å². The average Bonchev–Trinajstić information content (AvgIpc) is 3.69. The highest BCUT2D eigenvalue weighted by atomic mass is 32.1. The van der Waals surface area contributed by atoms with Crippen LogP contribution in [0.3, 0.4) is 0 Å². The highest BCUT2D eigenvalue weighted by molar-refractivity contribution is 7.09. The molecule has 3 aromatic rings. The summed E-state index contributed by atoms with van der Waals surface area (Å²) in [4.78, 5) is 34.9. The normalized spacial score (nSPS) is 19.7. The summed E-state index contributed by atoms with van der Waals surface area (Å²) in [6, 6.07) is 14.7. The number of carbonyl (C=O) groups excluding carboxylic acids is 2. The molecule has 0 spiro atoms. The van der Waals surface area contributed by atoms with E-state index in [-0.39, 0.29) is 23.8 Å². The summed E-state index contributed by atoms with van der Waals surface area (Å²) in [7, 11) is 0. The van der Waals surface area contributed by atoms with Crippen LogP contribution >= 0.6 is 11.3 Å². The van der Waals surface area contributed by atoms with Gasteiger partial charge in [-0.25, -0.2) is 4.98 Å². The zero-order valence-electron chi connectivity index (χ0n) is 22.4. The van der Waals surface area contributed by atoms with Crippen molar-refractivity contribution in [2.45, 2.75) is 51.7 Å². The SMILES string of the molecule is Cc1ccc(C2c3cc(OCc4nc(C(=O)N5CCOCC5)cs4)ccc3CCN2C(=O)C2CCCC2)cc1. The molecule has 1 atom stereocenters. The van der Waals surface area contributed by atoms with Gasteiger partial charge in [0.15, 0.2) is 0 Å². The molecule has 1 saturated carbocycles. The van der Waals surface area contributed by atoms with Gasteiger partial charge in [-0.1, -0.05) is 48.7 Å². The highest BCUT2D eigenvalue weighted by Crippen LogP contribution is 2.40. The number of nitrogens with zero attached hydrogens (tertiary/aromatic N) is 3. The zero-order valence-corrected chi connectivity index (χ0v) is 23.3. The van der Waals surface area contributed by atoms with Gasteiger partial charge in [-0.15, -0.1) is 11.3 Å². The van der Waals surface area contributed by atoms with E-state index in [2.05, 4.69) is 53.2 Å². The van der Waals surface area contributed by atoms with Crippen LogP contribution in [0.2, 0.25) is 0 Å². The van der Waals surface area contributed by atoms with E-state index in [0.717, 1.165) is 60.5 Å². The number of hydrogen-bond acceptors (Lipinski definition) is 6. The third-order valence-corrected chi connectivity index (χ3v) is 8.98. The maximum atomic E-state index is 13.7. The van der Waals surface area contributed by atoms with Gasteiger partial charge in [0.25, 0.3) is 5.91 Å². The van der Waals surface area contributed by atoms with Crippen molar-refractivity contribution >= 4 is 23.2 Å². The number of benzene rings is 2. The molecule has 0 N–H and O–H groups in total. The monoisotopic (exact) mass is 545 g/mol. The number of hydrogen-bond donors (Lipinski definition) is 0. The predicted octanol–water partition coefficient (Wildman–Crippen LogP) is 5.17. The molecule has 1 saturated heterocycles. The molecular formula is C31H35N3O4S. The van der Waals surface area contributed by atoms with E-state index in [1.807, 2.05) is 11.4 Å². The number of carbonyl (C=O) groups is 2. The van der Waals surface area contributed by atoms with Gasteiger partial charge in [-0.3, -0.25) is 9.59 Å². The molecule has 3 aliphatic rings. The Labute approximate surface area is 233 Å². The lowest BCUT2D eigenvalue weighted by atomic mass is 9.86. The summed E-state index contributed by atoms with van der Waals surface area (Å²) in [6.07, 6.45) is 5.12. The molecule has 2 aliphatic heterocycles. The van der Waals surface area contributed by atoms with Gasteiger partial charge in [0.05, 0.1) is 19.3 Å². The van der Waals surface area contributed by atoms with E-state index >= 15 is 0 Å². The third-order valence-electron chi connectivity index (χ3n) is 8.16. The minimum Gasteiger partial charge on any atom is -0.486 e. The minimum absolute atomic E-state index is 0.0532. The summed E-state index contributed by atoms with van der Waals surface area (Å²) >= 11 is 1.44. The summed E-state index contributed by atoms with van der Waals surface area (Å²) in [6.45, 7) is 5.44. The molecule has 3 heterocycles. The predicted molar refractivity (Wildman–Crippen MR) is 150 cm³/mol. The number of thiazole rings is 1. The van der Waals surface area contributed by atoms with Crippen molar-refractivity contribution in [3.63, 3.8) is 0 Å². The average molecular weight is 546 g/mol. The van der Waals surface area contributed by atoms with Crippen molar-refractivity contribution in [3.05, 3.63) is 80.8 Å². The number of morpholine rings is 1. The second kappa shape index (κ2) is 11.5. The zero-order chi connectivity index (χ0) is 26.8. The van der Waals surface area contributed by atoms with Crippen molar-refractivity contribution in [2.24, 2.45) is 5.92 Å². The first-order valence-corrected chi connectivity index (χ1v) is 14.9. The molecule has 39 heavy (non-hydrogen) atoms. The largest absolute Gasteiger partial charge is 0.486 e. The van der Waals surface area contributed by atoms with Crippen molar-refractivity contribution in [3.8, 4) is 5.75 Å².